The molecule has 0 aliphatic heterocycles. The Labute approximate surface area is 120 Å². The van der Waals surface area contributed by atoms with Crippen LogP contribution in [0.4, 0.5) is 0 Å². The smallest absolute Gasteiger partial charge is 0.136 e. The second-order valence-corrected chi connectivity index (χ2v) is 5.24. The minimum absolute atomic E-state index is 0.0975. The zero-order chi connectivity index (χ0) is 14.1. The number of ether oxygens (including phenoxy) is 2. The van der Waals surface area contributed by atoms with Gasteiger partial charge in [-0.2, -0.15) is 0 Å². The summed E-state index contributed by atoms with van der Waals surface area (Å²) in [7, 11) is 3.11. The van der Waals surface area contributed by atoms with Gasteiger partial charge in [0.1, 0.15) is 22.3 Å². The summed E-state index contributed by atoms with van der Waals surface area (Å²) in [6.45, 7) is 0. The number of thiazole rings is 1. The predicted octanol–water partition coefficient (Wildman–Crippen LogP) is 3.69. The maximum absolute atomic E-state index is 10.2. The summed E-state index contributed by atoms with van der Waals surface area (Å²) in [5.74, 6) is 1.19. The van der Waals surface area contributed by atoms with E-state index >= 15 is 0 Å². The number of rotatable bonds is 3. The lowest BCUT2D eigenvalue weighted by atomic mass is 10.1. The van der Waals surface area contributed by atoms with Crippen LogP contribution < -0.4 is 9.47 Å². The van der Waals surface area contributed by atoms with Crippen molar-refractivity contribution in [2.45, 2.75) is 0 Å². The summed E-state index contributed by atoms with van der Waals surface area (Å²) in [5, 5.41) is 10.9. The Kier molecular flexibility index (Phi) is 3.20. The van der Waals surface area contributed by atoms with Gasteiger partial charge in [0, 0.05) is 12.1 Å². The van der Waals surface area contributed by atoms with Gasteiger partial charge >= 0.3 is 0 Å². The SMILES string of the molecule is COc1cc(O)c(-c2nc3ccccc3s2)c(OC)c1. The predicted molar refractivity (Wildman–Crippen MR) is 79.8 cm³/mol. The van der Waals surface area contributed by atoms with Gasteiger partial charge in [-0.05, 0) is 12.1 Å². The van der Waals surface area contributed by atoms with Crippen LogP contribution in [0.25, 0.3) is 20.8 Å². The molecule has 0 aliphatic carbocycles. The average Bonchev–Trinajstić information content (AvgIpc) is 2.89. The van der Waals surface area contributed by atoms with Crippen molar-refractivity contribution in [3.63, 3.8) is 0 Å². The van der Waals surface area contributed by atoms with E-state index in [1.54, 1.807) is 26.4 Å². The molecule has 0 aliphatic rings. The minimum atomic E-state index is 0.0975. The Bertz CT molecular complexity index is 734. The maximum atomic E-state index is 10.2. The number of aromatic hydroxyl groups is 1. The number of phenolic OH excluding ortho intramolecular Hbond substituents is 1. The second-order valence-electron chi connectivity index (χ2n) is 4.21. The third-order valence-electron chi connectivity index (χ3n) is 3.02. The summed E-state index contributed by atoms with van der Waals surface area (Å²) >= 11 is 1.52. The third-order valence-corrected chi connectivity index (χ3v) is 4.07. The summed E-state index contributed by atoms with van der Waals surface area (Å²) in [6, 6.07) is 11.2. The lowest BCUT2D eigenvalue weighted by Gasteiger charge is -2.10. The average molecular weight is 287 g/mol. The van der Waals surface area contributed by atoms with E-state index in [4.69, 9.17) is 9.47 Å². The summed E-state index contributed by atoms with van der Waals surface area (Å²) in [6.07, 6.45) is 0. The van der Waals surface area contributed by atoms with Crippen LogP contribution in [-0.4, -0.2) is 24.3 Å². The van der Waals surface area contributed by atoms with E-state index in [2.05, 4.69) is 4.98 Å². The first kappa shape index (κ1) is 12.7. The van der Waals surface area contributed by atoms with Crippen LogP contribution in [0.15, 0.2) is 36.4 Å². The van der Waals surface area contributed by atoms with E-state index in [1.807, 2.05) is 24.3 Å². The quantitative estimate of drug-likeness (QED) is 0.798. The van der Waals surface area contributed by atoms with E-state index < -0.39 is 0 Å². The number of methoxy groups -OCH3 is 2. The largest absolute Gasteiger partial charge is 0.507 e. The molecule has 102 valence electrons. The number of hydrogen-bond donors (Lipinski definition) is 1. The molecule has 1 N–H and O–H groups in total. The second kappa shape index (κ2) is 5.02. The fourth-order valence-corrected chi connectivity index (χ4v) is 3.07. The molecule has 4 nitrogen and oxygen atoms in total. The molecule has 0 saturated carbocycles. The Morgan fingerprint density at radius 2 is 1.90 bits per heavy atom. The first-order valence-corrected chi connectivity index (χ1v) is 6.85. The highest BCUT2D eigenvalue weighted by molar-refractivity contribution is 7.21. The monoisotopic (exact) mass is 287 g/mol. The van der Waals surface area contributed by atoms with Gasteiger partial charge in [0.15, 0.2) is 0 Å². The highest BCUT2D eigenvalue weighted by Crippen LogP contribution is 2.43. The van der Waals surface area contributed by atoms with Crippen molar-refractivity contribution in [2.75, 3.05) is 14.2 Å². The fourth-order valence-electron chi connectivity index (χ4n) is 2.05. The molecular formula is C15H13NO3S. The van der Waals surface area contributed by atoms with Gasteiger partial charge in [-0.3, -0.25) is 0 Å². The minimum Gasteiger partial charge on any atom is -0.507 e. The van der Waals surface area contributed by atoms with E-state index in [-0.39, 0.29) is 5.75 Å². The molecule has 5 heteroatoms. The van der Waals surface area contributed by atoms with Crippen molar-refractivity contribution >= 4 is 21.6 Å². The van der Waals surface area contributed by atoms with Gasteiger partial charge in [-0.1, -0.05) is 12.1 Å². The van der Waals surface area contributed by atoms with Gasteiger partial charge in [0.25, 0.3) is 0 Å². The Balaban J connectivity index is 2.22. The van der Waals surface area contributed by atoms with Gasteiger partial charge in [0.05, 0.1) is 30.0 Å². The molecule has 0 atom stereocenters. The van der Waals surface area contributed by atoms with Crippen molar-refractivity contribution in [2.24, 2.45) is 0 Å². The summed E-state index contributed by atoms with van der Waals surface area (Å²) in [5.41, 5.74) is 1.50. The number of benzene rings is 2. The number of fused-ring (bicyclic) bond motifs is 1. The molecule has 0 saturated heterocycles. The molecule has 0 spiro atoms. The van der Waals surface area contributed by atoms with Crippen LogP contribution in [0.5, 0.6) is 17.2 Å². The van der Waals surface area contributed by atoms with Crippen molar-refractivity contribution in [3.05, 3.63) is 36.4 Å². The number of nitrogens with zero attached hydrogens (tertiary/aromatic N) is 1. The van der Waals surface area contributed by atoms with Crippen molar-refractivity contribution in [3.8, 4) is 27.8 Å². The molecule has 20 heavy (non-hydrogen) atoms. The third kappa shape index (κ3) is 2.06. The zero-order valence-electron chi connectivity index (χ0n) is 11.1. The maximum Gasteiger partial charge on any atom is 0.136 e. The van der Waals surface area contributed by atoms with E-state index in [0.717, 1.165) is 15.2 Å². The van der Waals surface area contributed by atoms with Crippen LogP contribution in [0.2, 0.25) is 0 Å². The Morgan fingerprint density at radius 1 is 1.10 bits per heavy atom. The highest BCUT2D eigenvalue weighted by atomic mass is 32.1. The number of phenols is 1. The molecular weight excluding hydrogens is 274 g/mol. The van der Waals surface area contributed by atoms with Crippen LogP contribution in [0.1, 0.15) is 0 Å². The van der Waals surface area contributed by atoms with Gasteiger partial charge in [-0.15, -0.1) is 11.3 Å². The lowest BCUT2D eigenvalue weighted by molar-refractivity contribution is 0.387. The molecule has 0 bridgehead atoms. The first-order chi connectivity index (χ1) is 9.72. The molecule has 2 aromatic carbocycles. The van der Waals surface area contributed by atoms with Gasteiger partial charge < -0.3 is 14.6 Å². The van der Waals surface area contributed by atoms with E-state index in [9.17, 15) is 5.11 Å². The molecule has 3 rings (SSSR count). The van der Waals surface area contributed by atoms with Crippen LogP contribution in [0.3, 0.4) is 0 Å². The van der Waals surface area contributed by atoms with Crippen molar-refractivity contribution in [1.82, 2.24) is 4.98 Å². The molecule has 0 unspecified atom stereocenters. The van der Waals surface area contributed by atoms with Crippen LogP contribution >= 0.6 is 11.3 Å². The Morgan fingerprint density at radius 3 is 2.60 bits per heavy atom. The zero-order valence-corrected chi connectivity index (χ0v) is 11.9. The van der Waals surface area contributed by atoms with Crippen molar-refractivity contribution < 1.29 is 14.6 Å². The number of hydrogen-bond acceptors (Lipinski definition) is 5. The van der Waals surface area contributed by atoms with E-state index in [1.165, 1.54) is 11.3 Å². The molecule has 1 aromatic heterocycles. The standard InChI is InChI=1S/C15H13NO3S/c1-18-9-7-11(17)14(12(8-9)19-2)15-16-10-5-3-4-6-13(10)20-15/h3-8,17H,1-2H3. The Hall–Kier alpha value is -2.27. The summed E-state index contributed by atoms with van der Waals surface area (Å²) < 4.78 is 11.5. The van der Waals surface area contributed by atoms with Gasteiger partial charge in [0.2, 0.25) is 0 Å². The fraction of sp³-hybridized carbons (Fsp3) is 0.133. The summed E-state index contributed by atoms with van der Waals surface area (Å²) in [4.78, 5) is 4.55. The molecule has 0 amide bonds. The molecule has 0 fully saturated rings. The van der Waals surface area contributed by atoms with Gasteiger partial charge in [-0.25, -0.2) is 4.98 Å². The molecule has 0 radical (unpaired) electrons. The highest BCUT2D eigenvalue weighted by Gasteiger charge is 2.17. The van der Waals surface area contributed by atoms with Crippen LogP contribution in [-0.2, 0) is 0 Å². The molecule has 3 aromatic rings. The van der Waals surface area contributed by atoms with Crippen molar-refractivity contribution in [1.29, 1.82) is 0 Å². The lowest BCUT2D eigenvalue weighted by Crippen LogP contribution is -1.91. The molecule has 1 heterocycles. The number of para-hydroxylation sites is 1. The van der Waals surface area contributed by atoms with E-state index in [0.29, 0.717) is 17.1 Å². The first-order valence-electron chi connectivity index (χ1n) is 6.04. The normalized spacial score (nSPS) is 10.7. The number of aromatic nitrogens is 1. The topological polar surface area (TPSA) is 51.6 Å². The van der Waals surface area contributed by atoms with Crippen LogP contribution in [0, 0.1) is 0 Å².